The minimum Gasteiger partial charge on any atom is -0.393 e. The van der Waals surface area contributed by atoms with Crippen LogP contribution in [0.4, 0.5) is 4.39 Å². The van der Waals surface area contributed by atoms with Crippen molar-refractivity contribution < 1.29 is 9.50 Å². The molecule has 0 fully saturated rings. The number of aliphatic hydroxyl groups excluding tert-OH is 1. The van der Waals surface area contributed by atoms with Crippen LogP contribution in [0.5, 0.6) is 0 Å². The molecule has 72 valence electrons. The maximum Gasteiger partial charge on any atom is 0.124 e. The van der Waals surface area contributed by atoms with E-state index in [-0.39, 0.29) is 11.9 Å². The van der Waals surface area contributed by atoms with Gasteiger partial charge in [-0.25, -0.2) is 4.39 Å². The molecule has 1 rings (SSSR count). The van der Waals surface area contributed by atoms with Gasteiger partial charge in [-0.1, -0.05) is 6.07 Å². The molecule has 0 saturated carbocycles. The number of hydrogen-bond acceptors (Lipinski definition) is 2. The molecule has 0 aliphatic rings. The van der Waals surface area contributed by atoms with Crippen LogP contribution in [0.15, 0.2) is 29.2 Å². The minimum absolute atomic E-state index is 0.206. The second kappa shape index (κ2) is 5.25. The van der Waals surface area contributed by atoms with Crippen LogP contribution in [-0.4, -0.2) is 17.0 Å². The number of rotatable bonds is 4. The molecule has 1 nitrogen and oxygen atoms in total. The fraction of sp³-hybridized carbons (Fsp3) is 0.400. The summed E-state index contributed by atoms with van der Waals surface area (Å²) in [6, 6.07) is 6.50. The van der Waals surface area contributed by atoms with E-state index in [4.69, 9.17) is 5.11 Å². The molecule has 3 heteroatoms. The molecule has 1 aromatic rings. The van der Waals surface area contributed by atoms with Crippen LogP contribution < -0.4 is 0 Å². The van der Waals surface area contributed by atoms with Gasteiger partial charge in [-0.05, 0) is 31.5 Å². The summed E-state index contributed by atoms with van der Waals surface area (Å²) in [4.78, 5) is 0.917. The summed E-state index contributed by atoms with van der Waals surface area (Å²) >= 11 is 1.56. The Hall–Kier alpha value is -0.540. The first-order valence-electron chi connectivity index (χ1n) is 4.25. The van der Waals surface area contributed by atoms with Crippen LogP contribution in [0.3, 0.4) is 0 Å². The maximum atomic E-state index is 12.7. The lowest BCUT2D eigenvalue weighted by Crippen LogP contribution is -2.00. The van der Waals surface area contributed by atoms with Gasteiger partial charge >= 0.3 is 0 Å². The van der Waals surface area contributed by atoms with Gasteiger partial charge in [0.2, 0.25) is 0 Å². The van der Waals surface area contributed by atoms with Gasteiger partial charge in [0.05, 0.1) is 6.10 Å². The number of thioether (sulfide) groups is 1. The summed E-state index contributed by atoms with van der Waals surface area (Å²) in [6.07, 6.45) is 0.460. The summed E-state index contributed by atoms with van der Waals surface area (Å²) in [7, 11) is 0. The zero-order chi connectivity index (χ0) is 9.68. The van der Waals surface area contributed by atoms with Crippen LogP contribution in [0, 0.1) is 5.82 Å². The predicted octanol–water partition coefficient (Wildman–Crippen LogP) is 2.69. The van der Waals surface area contributed by atoms with Gasteiger partial charge in [-0.2, -0.15) is 0 Å². The van der Waals surface area contributed by atoms with Crippen LogP contribution in [0.25, 0.3) is 0 Å². The zero-order valence-electron chi connectivity index (χ0n) is 7.53. The molecule has 1 aromatic carbocycles. The third-order valence-corrected chi connectivity index (χ3v) is 2.63. The lowest BCUT2D eigenvalue weighted by Gasteiger charge is -2.03. The van der Waals surface area contributed by atoms with Crippen molar-refractivity contribution in [2.45, 2.75) is 24.3 Å². The van der Waals surface area contributed by atoms with Gasteiger partial charge in [0.1, 0.15) is 5.82 Å². The van der Waals surface area contributed by atoms with Crippen LogP contribution >= 0.6 is 11.8 Å². The normalized spacial score (nSPS) is 12.8. The van der Waals surface area contributed by atoms with Crippen molar-refractivity contribution in [3.63, 3.8) is 0 Å². The van der Waals surface area contributed by atoms with Gasteiger partial charge in [0.15, 0.2) is 0 Å². The predicted molar refractivity (Wildman–Crippen MR) is 53.4 cm³/mol. The van der Waals surface area contributed by atoms with Crippen molar-refractivity contribution in [1.29, 1.82) is 0 Å². The van der Waals surface area contributed by atoms with Gasteiger partial charge < -0.3 is 5.11 Å². The highest BCUT2D eigenvalue weighted by molar-refractivity contribution is 7.99. The van der Waals surface area contributed by atoms with Crippen molar-refractivity contribution in [3.8, 4) is 0 Å². The lowest BCUT2D eigenvalue weighted by molar-refractivity contribution is 0.192. The molecule has 0 aliphatic heterocycles. The molecule has 1 N–H and O–H groups in total. The third kappa shape index (κ3) is 4.29. The van der Waals surface area contributed by atoms with Gasteiger partial charge in [0, 0.05) is 10.6 Å². The van der Waals surface area contributed by atoms with E-state index in [0.717, 1.165) is 17.1 Å². The first kappa shape index (κ1) is 10.5. The molecule has 0 amide bonds. The van der Waals surface area contributed by atoms with Gasteiger partial charge in [-0.3, -0.25) is 0 Å². The minimum atomic E-state index is -0.277. The Bertz CT molecular complexity index is 263. The highest BCUT2D eigenvalue weighted by Crippen LogP contribution is 2.19. The van der Waals surface area contributed by atoms with Crippen molar-refractivity contribution in [3.05, 3.63) is 30.1 Å². The quantitative estimate of drug-likeness (QED) is 0.754. The van der Waals surface area contributed by atoms with E-state index in [1.165, 1.54) is 12.1 Å². The standard InChI is InChI=1S/C10H13FOS/c1-8(12)5-6-13-10-4-2-3-9(11)7-10/h2-4,7-8,12H,5-6H2,1H3. The van der Waals surface area contributed by atoms with E-state index in [1.807, 2.05) is 6.07 Å². The van der Waals surface area contributed by atoms with E-state index in [2.05, 4.69) is 0 Å². The summed E-state index contributed by atoms with van der Waals surface area (Å²) in [5, 5.41) is 9.00. The zero-order valence-corrected chi connectivity index (χ0v) is 8.35. The molecule has 0 heterocycles. The summed E-state index contributed by atoms with van der Waals surface area (Å²) in [5.74, 6) is 0.614. The second-order valence-electron chi connectivity index (χ2n) is 2.94. The second-order valence-corrected chi connectivity index (χ2v) is 4.11. The molecular weight excluding hydrogens is 187 g/mol. The van der Waals surface area contributed by atoms with Crippen LogP contribution in [0.2, 0.25) is 0 Å². The highest BCUT2D eigenvalue weighted by atomic mass is 32.2. The Morgan fingerprint density at radius 1 is 1.54 bits per heavy atom. The summed E-state index contributed by atoms with van der Waals surface area (Å²) < 4.78 is 12.7. The molecule has 0 radical (unpaired) electrons. The van der Waals surface area contributed by atoms with E-state index in [0.29, 0.717) is 0 Å². The van der Waals surface area contributed by atoms with E-state index in [1.54, 1.807) is 24.8 Å². The average molecular weight is 200 g/mol. The molecule has 0 aliphatic carbocycles. The third-order valence-electron chi connectivity index (χ3n) is 1.60. The summed E-state index contributed by atoms with van der Waals surface area (Å²) in [6.45, 7) is 1.76. The van der Waals surface area contributed by atoms with Crippen molar-refractivity contribution in [2.75, 3.05) is 5.75 Å². The van der Waals surface area contributed by atoms with Crippen molar-refractivity contribution >= 4 is 11.8 Å². The summed E-state index contributed by atoms with van der Waals surface area (Å²) in [5.41, 5.74) is 0. The largest absolute Gasteiger partial charge is 0.393 e. The molecule has 1 atom stereocenters. The number of benzene rings is 1. The number of hydrogen-bond donors (Lipinski definition) is 1. The van der Waals surface area contributed by atoms with Crippen molar-refractivity contribution in [1.82, 2.24) is 0 Å². The molecule has 0 spiro atoms. The molecular formula is C10H13FOS. The Labute approximate surface area is 82.0 Å². The molecule has 0 saturated heterocycles. The molecule has 1 unspecified atom stereocenters. The van der Waals surface area contributed by atoms with Crippen molar-refractivity contribution in [2.24, 2.45) is 0 Å². The Kier molecular flexibility index (Phi) is 4.25. The smallest absolute Gasteiger partial charge is 0.124 e. The van der Waals surface area contributed by atoms with E-state index in [9.17, 15) is 4.39 Å². The first-order valence-corrected chi connectivity index (χ1v) is 5.23. The SMILES string of the molecule is CC(O)CCSc1cccc(F)c1. The fourth-order valence-electron chi connectivity index (χ4n) is 0.904. The monoisotopic (exact) mass is 200 g/mol. The topological polar surface area (TPSA) is 20.2 Å². The molecule has 0 bridgehead atoms. The van der Waals surface area contributed by atoms with Crippen LogP contribution in [-0.2, 0) is 0 Å². The molecule has 13 heavy (non-hydrogen) atoms. The average Bonchev–Trinajstić information content (AvgIpc) is 2.03. The van der Waals surface area contributed by atoms with E-state index >= 15 is 0 Å². The Morgan fingerprint density at radius 2 is 2.31 bits per heavy atom. The van der Waals surface area contributed by atoms with Gasteiger partial charge in [0.25, 0.3) is 0 Å². The van der Waals surface area contributed by atoms with E-state index < -0.39 is 0 Å². The maximum absolute atomic E-state index is 12.7. The lowest BCUT2D eigenvalue weighted by atomic mass is 10.3. The Balaban J connectivity index is 2.37. The number of halogens is 1. The fourth-order valence-corrected chi connectivity index (χ4v) is 1.97. The van der Waals surface area contributed by atoms with Crippen LogP contribution in [0.1, 0.15) is 13.3 Å². The molecule has 0 aromatic heterocycles. The highest BCUT2D eigenvalue weighted by Gasteiger charge is 1.98. The van der Waals surface area contributed by atoms with Gasteiger partial charge in [-0.15, -0.1) is 11.8 Å². The number of aliphatic hydroxyl groups is 1. The first-order chi connectivity index (χ1) is 6.18. The Morgan fingerprint density at radius 3 is 2.92 bits per heavy atom.